The molecule has 0 fully saturated rings. The van der Waals surface area contributed by atoms with Gasteiger partial charge in [0.2, 0.25) is 0 Å². The molecule has 0 unspecified atom stereocenters. The molecule has 0 atom stereocenters. The fraction of sp³-hybridized carbons (Fsp3) is 0.231. The Labute approximate surface area is 90.8 Å². The summed E-state index contributed by atoms with van der Waals surface area (Å²) in [5, 5.41) is 0. The molecule has 1 aromatic carbocycles. The van der Waals surface area contributed by atoms with Crippen LogP contribution in [0.5, 0.6) is 11.5 Å². The van der Waals surface area contributed by atoms with Crippen LogP contribution in [0.15, 0.2) is 49.1 Å². The second-order valence-electron chi connectivity index (χ2n) is 3.32. The number of hydrogen-bond donors (Lipinski definition) is 0. The van der Waals surface area contributed by atoms with Crippen LogP contribution < -0.4 is 9.47 Å². The van der Waals surface area contributed by atoms with E-state index in [1.54, 1.807) is 6.08 Å². The number of hydrogen-bond acceptors (Lipinski definition) is 2. The van der Waals surface area contributed by atoms with Crippen LogP contribution in [0.4, 0.5) is 0 Å². The third kappa shape index (κ3) is 4.36. The molecule has 80 valence electrons. The highest BCUT2D eigenvalue weighted by atomic mass is 16.5. The van der Waals surface area contributed by atoms with Crippen molar-refractivity contribution in [2.24, 2.45) is 0 Å². The molecule has 0 radical (unpaired) electrons. The lowest BCUT2D eigenvalue weighted by Crippen LogP contribution is -1.97. The van der Waals surface area contributed by atoms with Gasteiger partial charge in [0.05, 0.1) is 0 Å². The fourth-order valence-corrected chi connectivity index (χ4v) is 0.994. The summed E-state index contributed by atoms with van der Waals surface area (Å²) in [7, 11) is 0. The van der Waals surface area contributed by atoms with E-state index in [0.717, 1.165) is 17.1 Å². The molecule has 0 saturated carbocycles. The first kappa shape index (κ1) is 11.4. The molecule has 0 aliphatic carbocycles. The molecule has 2 nitrogen and oxygen atoms in total. The van der Waals surface area contributed by atoms with Gasteiger partial charge in [0.15, 0.2) is 0 Å². The normalized spacial score (nSPS) is 9.40. The Kier molecular flexibility index (Phi) is 4.48. The van der Waals surface area contributed by atoms with Gasteiger partial charge in [-0.15, -0.1) is 0 Å². The predicted molar refractivity (Wildman–Crippen MR) is 62.4 cm³/mol. The first-order valence-electron chi connectivity index (χ1n) is 4.83. The van der Waals surface area contributed by atoms with E-state index in [1.807, 2.05) is 31.2 Å². The van der Waals surface area contributed by atoms with Gasteiger partial charge in [0, 0.05) is 0 Å². The van der Waals surface area contributed by atoms with Gasteiger partial charge in [-0.3, -0.25) is 0 Å². The minimum atomic E-state index is 0.520. The van der Waals surface area contributed by atoms with Crippen molar-refractivity contribution in [2.75, 3.05) is 13.2 Å². The van der Waals surface area contributed by atoms with Gasteiger partial charge in [-0.2, -0.15) is 0 Å². The smallest absolute Gasteiger partial charge is 0.120 e. The minimum absolute atomic E-state index is 0.520. The van der Waals surface area contributed by atoms with Crippen LogP contribution in [0.1, 0.15) is 6.92 Å². The molecule has 0 bridgehead atoms. The van der Waals surface area contributed by atoms with E-state index < -0.39 is 0 Å². The van der Waals surface area contributed by atoms with E-state index in [0.29, 0.717) is 13.2 Å². The van der Waals surface area contributed by atoms with E-state index >= 15 is 0 Å². The van der Waals surface area contributed by atoms with Crippen molar-refractivity contribution >= 4 is 0 Å². The van der Waals surface area contributed by atoms with Crippen molar-refractivity contribution < 1.29 is 9.47 Å². The second-order valence-corrected chi connectivity index (χ2v) is 3.32. The summed E-state index contributed by atoms with van der Waals surface area (Å²) in [5.41, 5.74) is 1.00. The van der Waals surface area contributed by atoms with Crippen molar-refractivity contribution in [2.45, 2.75) is 6.92 Å². The van der Waals surface area contributed by atoms with Crippen LogP contribution in [-0.2, 0) is 0 Å². The van der Waals surface area contributed by atoms with Gasteiger partial charge in [-0.25, -0.2) is 0 Å². The molecular weight excluding hydrogens is 188 g/mol. The van der Waals surface area contributed by atoms with Crippen molar-refractivity contribution in [3.8, 4) is 11.5 Å². The summed E-state index contributed by atoms with van der Waals surface area (Å²) >= 11 is 0. The van der Waals surface area contributed by atoms with Crippen LogP contribution in [0.25, 0.3) is 0 Å². The lowest BCUT2D eigenvalue weighted by Gasteiger charge is -2.07. The maximum atomic E-state index is 5.45. The van der Waals surface area contributed by atoms with E-state index in [9.17, 15) is 0 Å². The summed E-state index contributed by atoms with van der Waals surface area (Å²) in [6, 6.07) is 7.50. The highest BCUT2D eigenvalue weighted by Crippen LogP contribution is 2.17. The average molecular weight is 204 g/mol. The summed E-state index contributed by atoms with van der Waals surface area (Å²) in [6.07, 6.45) is 1.71. The van der Waals surface area contributed by atoms with E-state index in [1.165, 1.54) is 0 Å². The molecule has 0 aliphatic heterocycles. The summed E-state index contributed by atoms with van der Waals surface area (Å²) in [5.74, 6) is 1.64. The predicted octanol–water partition coefficient (Wildman–Crippen LogP) is 3.21. The lowest BCUT2D eigenvalue weighted by molar-refractivity contribution is 0.346. The Balaban J connectivity index is 2.48. The number of ether oxygens (including phenoxy) is 2. The maximum absolute atomic E-state index is 5.45. The zero-order valence-electron chi connectivity index (χ0n) is 9.03. The molecule has 0 heterocycles. The molecule has 1 aromatic rings. The maximum Gasteiger partial charge on any atom is 0.120 e. The molecule has 0 amide bonds. The molecule has 0 spiro atoms. The average Bonchev–Trinajstić information content (AvgIpc) is 2.25. The third-order valence-corrected chi connectivity index (χ3v) is 1.68. The topological polar surface area (TPSA) is 18.5 Å². The Morgan fingerprint density at radius 2 is 1.73 bits per heavy atom. The quantitative estimate of drug-likeness (QED) is 0.662. The first-order valence-corrected chi connectivity index (χ1v) is 4.83. The minimum Gasteiger partial charge on any atom is -0.490 e. The Bertz CT molecular complexity index is 325. The van der Waals surface area contributed by atoms with E-state index in [4.69, 9.17) is 9.47 Å². The van der Waals surface area contributed by atoms with Crippen LogP contribution >= 0.6 is 0 Å². The summed E-state index contributed by atoms with van der Waals surface area (Å²) in [4.78, 5) is 0. The largest absolute Gasteiger partial charge is 0.490 e. The Hall–Kier alpha value is -1.70. The zero-order valence-corrected chi connectivity index (χ0v) is 9.03. The molecule has 2 heteroatoms. The molecular formula is C13H16O2. The Morgan fingerprint density at radius 1 is 1.20 bits per heavy atom. The highest BCUT2D eigenvalue weighted by molar-refractivity contribution is 5.31. The van der Waals surface area contributed by atoms with Gasteiger partial charge >= 0.3 is 0 Å². The molecule has 0 N–H and O–H groups in total. The van der Waals surface area contributed by atoms with Gasteiger partial charge in [0.25, 0.3) is 0 Å². The summed E-state index contributed by atoms with van der Waals surface area (Å²) in [6.45, 7) is 10.4. The first-order chi connectivity index (χ1) is 7.22. The zero-order chi connectivity index (χ0) is 11.1. The van der Waals surface area contributed by atoms with Gasteiger partial charge < -0.3 is 9.47 Å². The van der Waals surface area contributed by atoms with Crippen LogP contribution in [0.3, 0.4) is 0 Å². The van der Waals surface area contributed by atoms with E-state index in [2.05, 4.69) is 13.2 Å². The van der Waals surface area contributed by atoms with Crippen LogP contribution in [0, 0.1) is 0 Å². The van der Waals surface area contributed by atoms with Gasteiger partial charge in [-0.05, 0) is 36.8 Å². The third-order valence-electron chi connectivity index (χ3n) is 1.68. The number of benzene rings is 1. The van der Waals surface area contributed by atoms with E-state index in [-0.39, 0.29) is 0 Å². The second kappa shape index (κ2) is 5.91. The van der Waals surface area contributed by atoms with Gasteiger partial charge in [-0.1, -0.05) is 19.2 Å². The highest BCUT2D eigenvalue weighted by Gasteiger charge is 1.95. The van der Waals surface area contributed by atoms with Crippen molar-refractivity contribution in [3.63, 3.8) is 0 Å². The molecule has 0 aliphatic rings. The fourth-order valence-electron chi connectivity index (χ4n) is 0.994. The SMILES string of the molecule is C=CCOc1ccc(OCC(=C)C)cc1. The summed E-state index contributed by atoms with van der Waals surface area (Å²) < 4.78 is 10.8. The molecule has 1 rings (SSSR count). The van der Waals surface area contributed by atoms with Crippen LogP contribution in [0.2, 0.25) is 0 Å². The molecule has 15 heavy (non-hydrogen) atoms. The Morgan fingerprint density at radius 3 is 2.20 bits per heavy atom. The molecule has 0 saturated heterocycles. The van der Waals surface area contributed by atoms with Crippen LogP contribution in [-0.4, -0.2) is 13.2 Å². The van der Waals surface area contributed by atoms with Crippen molar-refractivity contribution in [1.29, 1.82) is 0 Å². The van der Waals surface area contributed by atoms with Gasteiger partial charge in [0.1, 0.15) is 24.7 Å². The monoisotopic (exact) mass is 204 g/mol. The molecule has 0 aromatic heterocycles. The standard InChI is InChI=1S/C13H16O2/c1-4-9-14-12-5-7-13(8-6-12)15-10-11(2)3/h4-8H,1-2,9-10H2,3H3. The van der Waals surface area contributed by atoms with Crippen molar-refractivity contribution in [3.05, 3.63) is 49.1 Å². The number of rotatable bonds is 6. The lowest BCUT2D eigenvalue weighted by atomic mass is 10.3. The van der Waals surface area contributed by atoms with Crippen molar-refractivity contribution in [1.82, 2.24) is 0 Å².